The molecule has 0 aliphatic heterocycles. The van der Waals surface area contributed by atoms with Gasteiger partial charge < -0.3 is 30.7 Å². The Morgan fingerprint density at radius 2 is 0.950 bits per heavy atom. The molecule has 2 aromatic carbocycles. The second kappa shape index (κ2) is 14.7. The molecule has 40 heavy (non-hydrogen) atoms. The first kappa shape index (κ1) is 31.9. The van der Waals surface area contributed by atoms with Gasteiger partial charge in [-0.15, -0.1) is 0 Å². The Bertz CT molecular complexity index is 1060. The van der Waals surface area contributed by atoms with Crippen LogP contribution in [-0.4, -0.2) is 48.3 Å². The van der Waals surface area contributed by atoms with Crippen LogP contribution < -0.4 is 21.3 Å². The Labute approximate surface area is 235 Å². The predicted octanol–water partition coefficient (Wildman–Crippen LogP) is 4.31. The van der Waals surface area contributed by atoms with E-state index < -0.39 is 47.2 Å². The van der Waals surface area contributed by atoms with Gasteiger partial charge in [0.05, 0.1) is 12.1 Å². The molecule has 0 heterocycles. The highest BCUT2D eigenvalue weighted by molar-refractivity contribution is 5.91. The normalized spacial score (nSPS) is 13.1. The number of carbonyl (C=O) groups excluding carboxylic acids is 4. The summed E-state index contributed by atoms with van der Waals surface area (Å²) in [6.45, 7) is 10.8. The van der Waals surface area contributed by atoms with Crippen molar-refractivity contribution in [2.45, 2.75) is 64.7 Å². The number of benzene rings is 2. The number of nitrogens with one attached hydrogen (secondary N) is 4. The van der Waals surface area contributed by atoms with Gasteiger partial charge in [0.15, 0.2) is 0 Å². The van der Waals surface area contributed by atoms with Gasteiger partial charge in [0, 0.05) is 23.2 Å². The molecule has 0 aliphatic rings. The summed E-state index contributed by atoms with van der Waals surface area (Å²) in [5, 5.41) is 11.2. The first-order chi connectivity index (χ1) is 18.7. The van der Waals surface area contributed by atoms with E-state index in [9.17, 15) is 19.2 Å². The molecule has 0 radical (unpaired) electrons. The van der Waals surface area contributed by atoms with Crippen molar-refractivity contribution in [3.05, 3.63) is 83.9 Å². The molecule has 10 nitrogen and oxygen atoms in total. The van der Waals surface area contributed by atoms with E-state index in [0.717, 1.165) is 23.3 Å². The number of hydrogen-bond donors (Lipinski definition) is 4. The number of urea groups is 2. The van der Waals surface area contributed by atoms with Crippen LogP contribution >= 0.6 is 0 Å². The maximum atomic E-state index is 12.4. The number of esters is 2. The van der Waals surface area contributed by atoms with Crippen LogP contribution in [0, 0.1) is 0 Å². The number of ether oxygens (including phenoxy) is 2. The first-order valence-corrected chi connectivity index (χ1v) is 13.0. The molecule has 2 atom stereocenters. The number of carbonyl (C=O) groups is 4. The lowest BCUT2D eigenvalue weighted by atomic mass is 10.1. The molecule has 4 N–H and O–H groups in total. The molecule has 0 aliphatic carbocycles. The van der Waals surface area contributed by atoms with Crippen LogP contribution in [0.1, 0.15) is 64.8 Å². The zero-order valence-corrected chi connectivity index (χ0v) is 23.9. The van der Waals surface area contributed by atoms with E-state index in [0.29, 0.717) is 0 Å². The van der Waals surface area contributed by atoms with E-state index in [1.54, 1.807) is 0 Å². The topological polar surface area (TPSA) is 135 Å². The maximum absolute atomic E-state index is 12.4. The zero-order chi connectivity index (χ0) is 29.8. The molecule has 2 aromatic rings. The van der Waals surface area contributed by atoms with Gasteiger partial charge in [-0.25, -0.2) is 19.2 Å². The third-order valence-electron chi connectivity index (χ3n) is 5.13. The van der Waals surface area contributed by atoms with Crippen LogP contribution in [0.2, 0.25) is 0 Å². The van der Waals surface area contributed by atoms with Crippen molar-refractivity contribution < 1.29 is 28.7 Å². The van der Waals surface area contributed by atoms with Gasteiger partial charge in [-0.1, -0.05) is 60.7 Å². The minimum absolute atomic E-state index is 0.150. The van der Waals surface area contributed by atoms with E-state index in [1.807, 2.05) is 102 Å². The van der Waals surface area contributed by atoms with Crippen LogP contribution in [0.4, 0.5) is 9.59 Å². The Morgan fingerprint density at radius 3 is 1.25 bits per heavy atom. The van der Waals surface area contributed by atoms with E-state index >= 15 is 0 Å². The third kappa shape index (κ3) is 12.9. The lowest BCUT2D eigenvalue weighted by Crippen LogP contribution is -2.48. The van der Waals surface area contributed by atoms with Crippen molar-refractivity contribution in [2.24, 2.45) is 0 Å². The van der Waals surface area contributed by atoms with Crippen molar-refractivity contribution in [2.75, 3.05) is 13.2 Å². The van der Waals surface area contributed by atoms with Crippen molar-refractivity contribution in [1.82, 2.24) is 21.3 Å². The third-order valence-corrected chi connectivity index (χ3v) is 5.13. The molecule has 216 valence electrons. The number of hydrogen-bond acceptors (Lipinski definition) is 6. The molecule has 2 rings (SSSR count). The smallest absolute Gasteiger partial charge is 0.331 e. The average Bonchev–Trinajstić information content (AvgIpc) is 2.86. The second-order valence-corrected chi connectivity index (χ2v) is 11.2. The zero-order valence-electron chi connectivity index (χ0n) is 23.9. The molecule has 0 saturated carbocycles. The molecular weight excluding hydrogens is 512 g/mol. The molecule has 0 saturated heterocycles. The van der Waals surface area contributed by atoms with Crippen molar-refractivity contribution in [1.29, 1.82) is 0 Å². The predicted molar refractivity (Wildman–Crippen MR) is 152 cm³/mol. The van der Waals surface area contributed by atoms with Gasteiger partial charge in [-0.05, 0) is 52.7 Å². The summed E-state index contributed by atoms with van der Waals surface area (Å²) >= 11 is 0. The minimum Gasteiger partial charge on any atom is -0.460 e. The van der Waals surface area contributed by atoms with Gasteiger partial charge in [-0.3, -0.25) is 0 Å². The van der Waals surface area contributed by atoms with E-state index in [2.05, 4.69) is 21.3 Å². The summed E-state index contributed by atoms with van der Waals surface area (Å²) < 4.78 is 10.6. The molecule has 0 bridgehead atoms. The lowest BCUT2D eigenvalue weighted by molar-refractivity contribution is -0.141. The van der Waals surface area contributed by atoms with Crippen molar-refractivity contribution >= 4 is 24.0 Å². The molecule has 4 amide bonds. The molecule has 0 aromatic heterocycles. The molecular formula is C30H40N4O6. The van der Waals surface area contributed by atoms with E-state index in [1.165, 1.54) is 0 Å². The SMILES string of the molecule is CC(C)(C)NC(=O)N[C@H](COC(=O)/C=C/C(=O)OC[C@@H](NC(=O)NC(C)(C)C)c1ccccc1)c1ccccc1. The Hall–Kier alpha value is -4.34. The summed E-state index contributed by atoms with van der Waals surface area (Å²) in [5.74, 6) is -1.56. The highest BCUT2D eigenvalue weighted by Gasteiger charge is 2.21. The van der Waals surface area contributed by atoms with E-state index in [4.69, 9.17) is 9.47 Å². The van der Waals surface area contributed by atoms with Gasteiger partial charge in [0.1, 0.15) is 13.2 Å². The summed E-state index contributed by atoms with van der Waals surface area (Å²) in [7, 11) is 0. The van der Waals surface area contributed by atoms with Gasteiger partial charge in [0.2, 0.25) is 0 Å². The monoisotopic (exact) mass is 552 g/mol. The standard InChI is InChI=1S/C30H40N4O6/c1-29(2,3)33-27(37)31-23(21-13-9-7-10-14-21)19-39-25(35)17-18-26(36)40-20-24(22-15-11-8-12-16-22)32-28(38)34-30(4,5)6/h7-18,23-24H,19-20H2,1-6H3,(H2,31,33,37)(H2,32,34,38)/b18-17+/t23-,24-/m1/s1. The van der Waals surface area contributed by atoms with Crippen LogP contribution in [0.5, 0.6) is 0 Å². The number of amides is 4. The summed E-state index contributed by atoms with van der Waals surface area (Å²) in [6, 6.07) is 16.1. The summed E-state index contributed by atoms with van der Waals surface area (Å²) in [5.41, 5.74) is 0.600. The second-order valence-electron chi connectivity index (χ2n) is 11.2. The Kier molecular flexibility index (Phi) is 11.7. The van der Waals surface area contributed by atoms with Crippen LogP contribution in [0.25, 0.3) is 0 Å². The average molecular weight is 553 g/mol. The lowest BCUT2D eigenvalue weighted by Gasteiger charge is -2.24. The highest BCUT2D eigenvalue weighted by atomic mass is 16.5. The highest BCUT2D eigenvalue weighted by Crippen LogP contribution is 2.15. The first-order valence-electron chi connectivity index (χ1n) is 13.0. The Morgan fingerprint density at radius 1 is 0.625 bits per heavy atom. The molecule has 0 spiro atoms. The summed E-state index contributed by atoms with van der Waals surface area (Å²) in [4.78, 5) is 49.4. The number of rotatable bonds is 10. The summed E-state index contributed by atoms with van der Waals surface area (Å²) in [6.07, 6.45) is 1.91. The quantitative estimate of drug-likeness (QED) is 0.256. The van der Waals surface area contributed by atoms with Gasteiger partial charge in [-0.2, -0.15) is 0 Å². The van der Waals surface area contributed by atoms with Crippen LogP contribution in [0.15, 0.2) is 72.8 Å². The van der Waals surface area contributed by atoms with Crippen molar-refractivity contribution in [3.8, 4) is 0 Å². The van der Waals surface area contributed by atoms with Crippen LogP contribution in [-0.2, 0) is 19.1 Å². The van der Waals surface area contributed by atoms with Crippen molar-refractivity contribution in [3.63, 3.8) is 0 Å². The fraction of sp³-hybridized carbons (Fsp3) is 0.400. The van der Waals surface area contributed by atoms with E-state index in [-0.39, 0.29) is 13.2 Å². The fourth-order valence-corrected chi connectivity index (χ4v) is 3.45. The van der Waals surface area contributed by atoms with Gasteiger partial charge >= 0.3 is 24.0 Å². The largest absolute Gasteiger partial charge is 0.460 e. The molecule has 10 heteroatoms. The fourth-order valence-electron chi connectivity index (χ4n) is 3.45. The van der Waals surface area contributed by atoms with Gasteiger partial charge in [0.25, 0.3) is 0 Å². The molecule has 0 unspecified atom stereocenters. The Balaban J connectivity index is 1.95. The minimum atomic E-state index is -0.779. The maximum Gasteiger partial charge on any atom is 0.331 e. The molecule has 0 fully saturated rings. The van der Waals surface area contributed by atoms with Crippen LogP contribution in [0.3, 0.4) is 0 Å².